The van der Waals surface area contributed by atoms with Crippen molar-refractivity contribution in [3.63, 3.8) is 0 Å². The quantitative estimate of drug-likeness (QED) is 0.426. The molecule has 170 valence electrons. The molecule has 1 aliphatic rings. The van der Waals surface area contributed by atoms with Crippen LogP contribution in [0.5, 0.6) is 0 Å². The number of anilines is 1. The maximum absolute atomic E-state index is 12.6. The maximum Gasteiger partial charge on any atom is 0.253 e. The van der Waals surface area contributed by atoms with Gasteiger partial charge in [-0.3, -0.25) is 4.79 Å². The summed E-state index contributed by atoms with van der Waals surface area (Å²) in [5.74, 6) is 0.731. The first-order valence-electron chi connectivity index (χ1n) is 11.4. The van der Waals surface area contributed by atoms with Crippen molar-refractivity contribution in [3.8, 4) is 11.3 Å². The van der Waals surface area contributed by atoms with Gasteiger partial charge in [-0.25, -0.2) is 9.97 Å². The molecule has 0 aliphatic carbocycles. The standard InChI is InChI=1S/C25H33N5O2/c1-6-7-12-32-13-11-19-22-17(24(31)28-19)14-20(27-22)16-9-8-10-18-21(16)29-23(15(2)26-18)30-25(3,4)5/h8-10,14,19,27H,6-7,11-13H2,1-5H3,(H,28,31)(H,29,30). The van der Waals surface area contributed by atoms with Crippen LogP contribution in [-0.2, 0) is 4.74 Å². The molecule has 2 aromatic heterocycles. The normalized spacial score (nSPS) is 15.8. The number of unbranched alkanes of at least 4 members (excludes halogenated alkanes) is 1. The van der Waals surface area contributed by atoms with Crippen LogP contribution < -0.4 is 10.6 Å². The lowest BCUT2D eigenvalue weighted by Gasteiger charge is -2.22. The van der Waals surface area contributed by atoms with Crippen LogP contribution in [0.4, 0.5) is 5.82 Å². The average molecular weight is 436 g/mol. The van der Waals surface area contributed by atoms with Gasteiger partial charge in [0.1, 0.15) is 11.3 Å². The minimum Gasteiger partial charge on any atom is -0.381 e. The Bertz CT molecular complexity index is 1130. The minimum absolute atomic E-state index is 0.0432. The van der Waals surface area contributed by atoms with Crippen LogP contribution in [0.1, 0.15) is 74.7 Å². The van der Waals surface area contributed by atoms with Gasteiger partial charge in [-0.15, -0.1) is 0 Å². The fourth-order valence-corrected chi connectivity index (χ4v) is 4.01. The summed E-state index contributed by atoms with van der Waals surface area (Å²) >= 11 is 0. The van der Waals surface area contributed by atoms with Gasteiger partial charge < -0.3 is 20.4 Å². The van der Waals surface area contributed by atoms with Crippen molar-refractivity contribution in [1.29, 1.82) is 0 Å². The second-order valence-corrected chi connectivity index (χ2v) is 9.50. The van der Waals surface area contributed by atoms with E-state index >= 15 is 0 Å². The summed E-state index contributed by atoms with van der Waals surface area (Å²) in [5.41, 5.74) is 5.82. The van der Waals surface area contributed by atoms with E-state index in [9.17, 15) is 4.79 Å². The highest BCUT2D eigenvalue weighted by Crippen LogP contribution is 2.34. The van der Waals surface area contributed by atoms with Gasteiger partial charge in [0.2, 0.25) is 0 Å². The summed E-state index contributed by atoms with van der Waals surface area (Å²) in [4.78, 5) is 25.7. The largest absolute Gasteiger partial charge is 0.381 e. The van der Waals surface area contributed by atoms with Crippen molar-refractivity contribution < 1.29 is 9.53 Å². The maximum atomic E-state index is 12.6. The molecule has 7 nitrogen and oxygen atoms in total. The number of aryl methyl sites for hydroxylation is 1. The first kappa shape index (κ1) is 22.3. The number of amides is 1. The Balaban J connectivity index is 1.65. The number of carbonyl (C=O) groups is 1. The molecule has 3 N–H and O–H groups in total. The highest BCUT2D eigenvalue weighted by atomic mass is 16.5. The molecule has 7 heteroatoms. The van der Waals surface area contributed by atoms with Gasteiger partial charge in [-0.1, -0.05) is 25.5 Å². The number of carbonyl (C=O) groups excluding carboxylic acids is 1. The van der Waals surface area contributed by atoms with Gasteiger partial charge in [-0.05, 0) is 52.7 Å². The van der Waals surface area contributed by atoms with Crippen molar-refractivity contribution in [2.45, 2.75) is 65.5 Å². The molecule has 1 aliphatic heterocycles. The molecule has 1 aromatic carbocycles. The Kier molecular flexibility index (Phi) is 6.20. The summed E-state index contributed by atoms with van der Waals surface area (Å²) in [5, 5.41) is 6.51. The molecule has 3 heterocycles. The first-order valence-corrected chi connectivity index (χ1v) is 11.4. The summed E-state index contributed by atoms with van der Waals surface area (Å²) < 4.78 is 5.71. The van der Waals surface area contributed by atoms with Gasteiger partial charge in [0.15, 0.2) is 0 Å². The number of hydrogen-bond acceptors (Lipinski definition) is 5. The average Bonchev–Trinajstić information content (AvgIpc) is 3.28. The van der Waals surface area contributed by atoms with E-state index in [2.05, 4.69) is 43.3 Å². The SMILES string of the molecule is CCCCOCCC1NC(=O)c2cc(-c3cccc4nc(C)c(NC(C)(C)C)nc34)[nH]c21. The third-order valence-electron chi connectivity index (χ3n) is 5.59. The lowest BCUT2D eigenvalue weighted by Crippen LogP contribution is -2.27. The number of rotatable bonds is 8. The molecular weight excluding hydrogens is 402 g/mol. The fourth-order valence-electron chi connectivity index (χ4n) is 4.01. The number of ether oxygens (including phenoxy) is 1. The van der Waals surface area contributed by atoms with E-state index in [4.69, 9.17) is 14.7 Å². The van der Waals surface area contributed by atoms with Crippen LogP contribution in [0.25, 0.3) is 22.3 Å². The van der Waals surface area contributed by atoms with E-state index in [-0.39, 0.29) is 17.5 Å². The molecule has 1 amide bonds. The van der Waals surface area contributed by atoms with E-state index in [1.807, 2.05) is 31.2 Å². The number of para-hydroxylation sites is 1. The molecule has 0 radical (unpaired) electrons. The minimum atomic E-state index is -0.125. The molecular formula is C25H33N5O2. The smallest absolute Gasteiger partial charge is 0.253 e. The lowest BCUT2D eigenvalue weighted by molar-refractivity contribution is 0.0933. The molecule has 0 saturated heterocycles. The van der Waals surface area contributed by atoms with Gasteiger partial charge >= 0.3 is 0 Å². The summed E-state index contributed by atoms with van der Waals surface area (Å²) in [6.07, 6.45) is 2.92. The van der Waals surface area contributed by atoms with E-state index in [1.165, 1.54) is 0 Å². The molecule has 0 saturated carbocycles. The molecule has 0 bridgehead atoms. The van der Waals surface area contributed by atoms with Gasteiger partial charge in [0.25, 0.3) is 5.91 Å². The zero-order valence-electron chi connectivity index (χ0n) is 19.6. The van der Waals surface area contributed by atoms with E-state index < -0.39 is 0 Å². The van der Waals surface area contributed by atoms with E-state index in [1.54, 1.807) is 0 Å². The van der Waals surface area contributed by atoms with Crippen LogP contribution >= 0.6 is 0 Å². The number of benzene rings is 1. The molecule has 32 heavy (non-hydrogen) atoms. The Morgan fingerprint density at radius 2 is 1.97 bits per heavy atom. The highest BCUT2D eigenvalue weighted by Gasteiger charge is 2.31. The van der Waals surface area contributed by atoms with E-state index in [0.717, 1.165) is 65.4 Å². The lowest BCUT2D eigenvalue weighted by atomic mass is 10.1. The van der Waals surface area contributed by atoms with Gasteiger partial charge in [0.05, 0.1) is 28.5 Å². The van der Waals surface area contributed by atoms with Crippen LogP contribution in [0.3, 0.4) is 0 Å². The fraction of sp³-hybridized carbons (Fsp3) is 0.480. The van der Waals surface area contributed by atoms with Crippen molar-refractivity contribution >= 4 is 22.8 Å². The first-order chi connectivity index (χ1) is 15.3. The van der Waals surface area contributed by atoms with E-state index in [0.29, 0.717) is 12.2 Å². The van der Waals surface area contributed by atoms with Gasteiger partial charge in [-0.2, -0.15) is 0 Å². The monoisotopic (exact) mass is 435 g/mol. The van der Waals surface area contributed by atoms with Crippen LogP contribution in [0.15, 0.2) is 24.3 Å². The van der Waals surface area contributed by atoms with Crippen molar-refractivity contribution in [3.05, 3.63) is 41.2 Å². The number of nitrogens with zero attached hydrogens (tertiary/aromatic N) is 2. The number of hydrogen-bond donors (Lipinski definition) is 3. The number of nitrogens with one attached hydrogen (secondary N) is 3. The predicted molar refractivity (Wildman–Crippen MR) is 128 cm³/mol. The Labute approximate surface area is 189 Å². The van der Waals surface area contributed by atoms with Gasteiger partial charge in [0, 0.05) is 30.0 Å². The third-order valence-corrected chi connectivity index (χ3v) is 5.59. The summed E-state index contributed by atoms with van der Waals surface area (Å²) in [7, 11) is 0. The van der Waals surface area contributed by atoms with Crippen LogP contribution in [0, 0.1) is 6.92 Å². The molecule has 0 spiro atoms. The molecule has 0 fully saturated rings. The van der Waals surface area contributed by atoms with Crippen molar-refractivity contribution in [2.24, 2.45) is 0 Å². The topological polar surface area (TPSA) is 91.9 Å². The molecule has 1 unspecified atom stereocenters. The van der Waals surface area contributed by atoms with Crippen LogP contribution in [-0.4, -0.2) is 39.6 Å². The zero-order valence-corrected chi connectivity index (χ0v) is 19.6. The Morgan fingerprint density at radius 1 is 1.16 bits per heavy atom. The molecule has 4 rings (SSSR count). The number of fused-ring (bicyclic) bond motifs is 2. The number of H-pyrrole nitrogens is 1. The Hall–Kier alpha value is -2.93. The van der Waals surface area contributed by atoms with Crippen molar-refractivity contribution in [1.82, 2.24) is 20.3 Å². The van der Waals surface area contributed by atoms with Crippen LogP contribution in [0.2, 0.25) is 0 Å². The molecule has 1 atom stereocenters. The highest BCUT2D eigenvalue weighted by molar-refractivity contribution is 6.01. The second-order valence-electron chi connectivity index (χ2n) is 9.50. The predicted octanol–water partition coefficient (Wildman–Crippen LogP) is 5.14. The summed E-state index contributed by atoms with van der Waals surface area (Å²) in [6.45, 7) is 11.8. The zero-order chi connectivity index (χ0) is 22.9. The second kappa shape index (κ2) is 8.90. The number of aromatic amines is 1. The number of aromatic nitrogens is 3. The summed E-state index contributed by atoms with van der Waals surface area (Å²) in [6, 6.07) is 7.84. The van der Waals surface area contributed by atoms with Crippen molar-refractivity contribution in [2.75, 3.05) is 18.5 Å². The molecule has 3 aromatic rings. The third kappa shape index (κ3) is 4.63. The Morgan fingerprint density at radius 3 is 2.72 bits per heavy atom.